The van der Waals surface area contributed by atoms with Gasteiger partial charge in [-0.2, -0.15) is 0 Å². The Hall–Kier alpha value is -1.24. The van der Waals surface area contributed by atoms with Crippen LogP contribution >= 0.6 is 48.0 Å². The van der Waals surface area contributed by atoms with Gasteiger partial charge >= 0.3 is 6.03 Å². The number of hydrogen-bond donors (Lipinski definition) is 2. The lowest BCUT2D eigenvalue weighted by Gasteiger charge is -2.30. The number of piperazine rings is 1. The van der Waals surface area contributed by atoms with E-state index in [-0.39, 0.29) is 36.9 Å². The number of carbonyl (C=O) groups is 1. The van der Waals surface area contributed by atoms with E-state index < -0.39 is 0 Å². The smallest absolute Gasteiger partial charge is 0.317 e. The van der Waals surface area contributed by atoms with Gasteiger partial charge in [-0.15, -0.1) is 24.8 Å². The van der Waals surface area contributed by atoms with Crippen LogP contribution in [0.15, 0.2) is 42.7 Å². The van der Waals surface area contributed by atoms with E-state index in [9.17, 15) is 4.79 Å². The first-order chi connectivity index (χ1) is 12.1. The summed E-state index contributed by atoms with van der Waals surface area (Å²) in [5.74, 6) is 0. The third-order valence-electron chi connectivity index (χ3n) is 4.21. The molecule has 0 aliphatic carbocycles. The second-order valence-electron chi connectivity index (χ2n) is 5.98. The molecule has 1 unspecified atom stereocenters. The fourth-order valence-corrected chi connectivity index (χ4v) is 3.15. The van der Waals surface area contributed by atoms with Gasteiger partial charge in [0.25, 0.3) is 0 Å². The first kappa shape index (κ1) is 23.8. The van der Waals surface area contributed by atoms with Crippen molar-refractivity contribution in [2.45, 2.75) is 12.5 Å². The summed E-state index contributed by atoms with van der Waals surface area (Å²) in [6, 6.07) is 9.07. The Morgan fingerprint density at radius 3 is 2.56 bits per heavy atom. The number of urea groups is 1. The standard InChI is InChI=1S/C18H20Cl2N4O.2ClH/c19-15-4-3-14(11-16(15)20)17(10-13-2-1-5-22-12-13)23-18(25)24-8-6-21-7-9-24;;/h1-5,11-12,17,21H,6-10H2,(H,23,25);2*1H. The van der Waals surface area contributed by atoms with Crippen molar-refractivity contribution in [3.63, 3.8) is 0 Å². The Labute approximate surface area is 181 Å². The molecule has 9 heteroatoms. The molecule has 1 aliphatic rings. The topological polar surface area (TPSA) is 57.3 Å². The lowest BCUT2D eigenvalue weighted by molar-refractivity contribution is 0.186. The minimum atomic E-state index is -0.207. The molecule has 1 fully saturated rings. The maximum Gasteiger partial charge on any atom is 0.317 e. The van der Waals surface area contributed by atoms with Crippen LogP contribution in [0.3, 0.4) is 0 Å². The van der Waals surface area contributed by atoms with Gasteiger partial charge in [-0.1, -0.05) is 35.3 Å². The SMILES string of the molecule is Cl.Cl.O=C(NC(Cc1cccnc1)c1ccc(Cl)c(Cl)c1)N1CCNCC1. The van der Waals surface area contributed by atoms with Crippen LogP contribution in [0.25, 0.3) is 0 Å². The molecule has 1 aromatic heterocycles. The fraction of sp³-hybridized carbons (Fsp3) is 0.333. The van der Waals surface area contributed by atoms with Crippen molar-refractivity contribution in [3.8, 4) is 0 Å². The molecule has 148 valence electrons. The van der Waals surface area contributed by atoms with Crippen molar-refractivity contribution < 1.29 is 4.79 Å². The van der Waals surface area contributed by atoms with E-state index in [2.05, 4.69) is 15.6 Å². The number of halogens is 4. The zero-order chi connectivity index (χ0) is 17.6. The van der Waals surface area contributed by atoms with E-state index in [4.69, 9.17) is 23.2 Å². The van der Waals surface area contributed by atoms with Crippen LogP contribution in [0.5, 0.6) is 0 Å². The number of benzene rings is 1. The molecule has 2 aromatic rings. The molecule has 3 rings (SSSR count). The van der Waals surface area contributed by atoms with Crippen LogP contribution in [0.2, 0.25) is 10.0 Å². The predicted octanol–water partition coefficient (Wildman–Crippen LogP) is 4.13. The van der Waals surface area contributed by atoms with Gasteiger partial charge < -0.3 is 15.5 Å². The van der Waals surface area contributed by atoms with Crippen molar-refractivity contribution in [3.05, 3.63) is 63.9 Å². The predicted molar refractivity (Wildman–Crippen MR) is 115 cm³/mol. The van der Waals surface area contributed by atoms with Gasteiger partial charge in [-0.25, -0.2) is 4.79 Å². The van der Waals surface area contributed by atoms with Gasteiger partial charge in [0.15, 0.2) is 0 Å². The summed E-state index contributed by atoms with van der Waals surface area (Å²) < 4.78 is 0. The number of nitrogens with one attached hydrogen (secondary N) is 2. The minimum absolute atomic E-state index is 0. The quantitative estimate of drug-likeness (QED) is 0.734. The number of pyridine rings is 1. The lowest BCUT2D eigenvalue weighted by atomic mass is 10.00. The molecule has 27 heavy (non-hydrogen) atoms. The van der Waals surface area contributed by atoms with Crippen LogP contribution in [-0.4, -0.2) is 42.1 Å². The van der Waals surface area contributed by atoms with E-state index >= 15 is 0 Å². The maximum absolute atomic E-state index is 12.6. The molecular formula is C18H22Cl4N4O. The van der Waals surface area contributed by atoms with Gasteiger partial charge in [-0.3, -0.25) is 4.98 Å². The van der Waals surface area contributed by atoms with E-state index in [0.717, 1.165) is 24.2 Å². The van der Waals surface area contributed by atoms with E-state index in [1.54, 1.807) is 12.3 Å². The molecule has 0 bridgehead atoms. The van der Waals surface area contributed by atoms with Crippen molar-refractivity contribution >= 4 is 54.0 Å². The highest BCUT2D eigenvalue weighted by Gasteiger charge is 2.21. The highest BCUT2D eigenvalue weighted by Crippen LogP contribution is 2.27. The van der Waals surface area contributed by atoms with Crippen LogP contribution in [-0.2, 0) is 6.42 Å². The molecule has 1 aromatic carbocycles. The molecule has 0 saturated carbocycles. The second-order valence-corrected chi connectivity index (χ2v) is 6.79. The zero-order valence-corrected chi connectivity index (χ0v) is 17.7. The summed E-state index contributed by atoms with van der Waals surface area (Å²) in [5, 5.41) is 7.35. The molecule has 1 saturated heterocycles. The Kier molecular flexibility index (Phi) is 10.2. The summed E-state index contributed by atoms with van der Waals surface area (Å²) in [7, 11) is 0. The second kappa shape index (κ2) is 11.6. The number of hydrogen-bond acceptors (Lipinski definition) is 3. The van der Waals surface area contributed by atoms with Gasteiger partial charge in [0.05, 0.1) is 16.1 Å². The molecule has 0 radical (unpaired) electrons. The van der Waals surface area contributed by atoms with Gasteiger partial charge in [0.1, 0.15) is 0 Å². The molecule has 0 spiro atoms. The van der Waals surface area contributed by atoms with Crippen LogP contribution in [0.1, 0.15) is 17.2 Å². The molecule has 1 atom stereocenters. The highest BCUT2D eigenvalue weighted by molar-refractivity contribution is 6.42. The lowest BCUT2D eigenvalue weighted by Crippen LogP contribution is -2.51. The summed E-state index contributed by atoms with van der Waals surface area (Å²) in [6.07, 6.45) is 4.17. The average molecular weight is 452 g/mol. The van der Waals surface area contributed by atoms with E-state index in [0.29, 0.717) is 29.6 Å². The van der Waals surface area contributed by atoms with Crippen molar-refractivity contribution in [1.29, 1.82) is 0 Å². The summed E-state index contributed by atoms with van der Waals surface area (Å²) in [5.41, 5.74) is 1.96. The Morgan fingerprint density at radius 2 is 1.93 bits per heavy atom. The molecule has 2 heterocycles. The zero-order valence-electron chi connectivity index (χ0n) is 14.5. The average Bonchev–Trinajstić information content (AvgIpc) is 2.65. The number of nitrogens with zero attached hydrogens (tertiary/aromatic N) is 2. The maximum atomic E-state index is 12.6. The fourth-order valence-electron chi connectivity index (χ4n) is 2.84. The molecule has 2 N–H and O–H groups in total. The van der Waals surface area contributed by atoms with Gasteiger partial charge in [-0.05, 0) is 35.7 Å². The molecular weight excluding hydrogens is 430 g/mol. The third kappa shape index (κ3) is 6.70. The van der Waals surface area contributed by atoms with Crippen molar-refractivity contribution in [1.82, 2.24) is 20.5 Å². The van der Waals surface area contributed by atoms with Crippen molar-refractivity contribution in [2.75, 3.05) is 26.2 Å². The first-order valence-corrected chi connectivity index (χ1v) is 8.99. The summed E-state index contributed by atoms with van der Waals surface area (Å²) in [6.45, 7) is 3.03. The van der Waals surface area contributed by atoms with Crippen LogP contribution < -0.4 is 10.6 Å². The molecule has 2 amide bonds. The molecule has 1 aliphatic heterocycles. The summed E-state index contributed by atoms with van der Waals surface area (Å²) >= 11 is 12.2. The number of amides is 2. The van der Waals surface area contributed by atoms with Crippen molar-refractivity contribution in [2.24, 2.45) is 0 Å². The minimum Gasteiger partial charge on any atom is -0.331 e. The Bertz CT molecular complexity index is 727. The van der Waals surface area contributed by atoms with Gasteiger partial charge in [0, 0.05) is 38.6 Å². The Morgan fingerprint density at radius 1 is 1.19 bits per heavy atom. The highest BCUT2D eigenvalue weighted by atomic mass is 35.5. The first-order valence-electron chi connectivity index (χ1n) is 8.23. The third-order valence-corrected chi connectivity index (χ3v) is 4.95. The Balaban J connectivity index is 0.00000182. The van der Waals surface area contributed by atoms with Crippen LogP contribution in [0, 0.1) is 0 Å². The van der Waals surface area contributed by atoms with E-state index in [1.807, 2.05) is 35.4 Å². The molecule has 5 nitrogen and oxygen atoms in total. The van der Waals surface area contributed by atoms with Crippen LogP contribution in [0.4, 0.5) is 4.79 Å². The monoisotopic (exact) mass is 450 g/mol. The normalized spacial score (nSPS) is 14.5. The summed E-state index contributed by atoms with van der Waals surface area (Å²) in [4.78, 5) is 18.6. The number of aromatic nitrogens is 1. The number of carbonyl (C=O) groups excluding carboxylic acids is 1. The van der Waals surface area contributed by atoms with Gasteiger partial charge in [0.2, 0.25) is 0 Å². The van der Waals surface area contributed by atoms with E-state index in [1.165, 1.54) is 0 Å². The largest absolute Gasteiger partial charge is 0.331 e. The number of rotatable bonds is 4.